The first-order valence-corrected chi connectivity index (χ1v) is 19.2. The molecule has 2 aromatic carbocycles. The van der Waals surface area contributed by atoms with E-state index >= 15 is 0 Å². The molecule has 1 saturated carbocycles. The lowest BCUT2D eigenvalue weighted by Crippen LogP contribution is -2.43. The Morgan fingerprint density at radius 1 is 0.962 bits per heavy atom. The highest BCUT2D eigenvalue weighted by Gasteiger charge is 2.52. The van der Waals surface area contributed by atoms with Crippen molar-refractivity contribution in [2.45, 2.75) is 95.2 Å². The monoisotopic (exact) mass is 699 g/mol. The molecule has 5 aliphatic rings. The van der Waals surface area contributed by atoms with Gasteiger partial charge < -0.3 is 20.0 Å². The van der Waals surface area contributed by atoms with Gasteiger partial charge in [-0.1, -0.05) is 30.8 Å². The van der Waals surface area contributed by atoms with Gasteiger partial charge in [0.05, 0.1) is 17.5 Å². The number of nitrogens with zero attached hydrogens (tertiary/aromatic N) is 7. The van der Waals surface area contributed by atoms with E-state index in [4.69, 9.17) is 0 Å². The Labute approximate surface area is 306 Å². The number of benzene rings is 2. The number of aryl methyl sites for hydroxylation is 2. The summed E-state index contributed by atoms with van der Waals surface area (Å²) in [5.74, 6) is 1.17. The minimum atomic E-state index is -0.829. The van der Waals surface area contributed by atoms with Gasteiger partial charge in [-0.05, 0) is 123 Å². The lowest BCUT2D eigenvalue weighted by Gasteiger charge is -2.37. The van der Waals surface area contributed by atoms with Crippen molar-refractivity contribution in [2.24, 2.45) is 5.92 Å². The summed E-state index contributed by atoms with van der Waals surface area (Å²) in [5, 5.41) is 29.7. The number of rotatable bonds is 9. The number of nitriles is 1. The molecular formula is C41H49N9O2. The van der Waals surface area contributed by atoms with Gasteiger partial charge in [0.15, 0.2) is 5.82 Å². The maximum atomic E-state index is 13.8. The van der Waals surface area contributed by atoms with Crippen LogP contribution in [0.15, 0.2) is 60.3 Å². The number of hydrogen-bond acceptors (Lipinski definition) is 8. The number of aromatic amines is 1. The number of nitrogens with one attached hydrogen (secondary N) is 2. The van der Waals surface area contributed by atoms with Crippen LogP contribution in [0.3, 0.4) is 0 Å². The van der Waals surface area contributed by atoms with E-state index < -0.39 is 5.41 Å². The zero-order valence-corrected chi connectivity index (χ0v) is 30.4. The van der Waals surface area contributed by atoms with E-state index in [2.05, 4.69) is 87.7 Å². The molecular weight excluding hydrogens is 651 g/mol. The number of fused-ring (bicyclic) bond motifs is 3. The first-order chi connectivity index (χ1) is 25.3. The summed E-state index contributed by atoms with van der Waals surface area (Å²) < 4.78 is 0. The van der Waals surface area contributed by atoms with Gasteiger partial charge in [0.25, 0.3) is 11.8 Å². The summed E-state index contributed by atoms with van der Waals surface area (Å²) in [5.41, 5.74) is 7.08. The third-order valence-corrected chi connectivity index (χ3v) is 12.2. The third kappa shape index (κ3) is 6.01. The van der Waals surface area contributed by atoms with Crippen LogP contribution in [-0.2, 0) is 18.3 Å². The molecule has 3 fully saturated rings. The van der Waals surface area contributed by atoms with Crippen molar-refractivity contribution in [3.8, 4) is 6.07 Å². The van der Waals surface area contributed by atoms with E-state index in [1.807, 2.05) is 21.9 Å². The Hall–Kier alpha value is -4.82. The zero-order chi connectivity index (χ0) is 36.0. The molecule has 2 N–H and O–H groups in total. The minimum Gasteiger partial charge on any atom is -0.348 e. The number of likely N-dealkylation sites (tertiary alicyclic amines) is 2. The van der Waals surface area contributed by atoms with E-state index in [-0.39, 0.29) is 29.9 Å². The predicted molar refractivity (Wildman–Crippen MR) is 197 cm³/mol. The second kappa shape index (κ2) is 14.0. The van der Waals surface area contributed by atoms with Gasteiger partial charge in [0.2, 0.25) is 0 Å². The Balaban J connectivity index is 1.16. The van der Waals surface area contributed by atoms with Crippen molar-refractivity contribution in [2.75, 3.05) is 32.7 Å². The summed E-state index contributed by atoms with van der Waals surface area (Å²) in [6, 6.07) is 14.7. The van der Waals surface area contributed by atoms with Crippen molar-refractivity contribution in [1.29, 1.82) is 5.26 Å². The molecule has 2 unspecified atom stereocenters. The highest BCUT2D eigenvalue weighted by molar-refractivity contribution is 5.95. The van der Waals surface area contributed by atoms with Crippen molar-refractivity contribution in [3.05, 3.63) is 99.5 Å². The van der Waals surface area contributed by atoms with Gasteiger partial charge in [-0.25, -0.2) is 0 Å². The lowest BCUT2D eigenvalue weighted by molar-refractivity contribution is 0.0717. The fourth-order valence-corrected chi connectivity index (χ4v) is 9.46. The van der Waals surface area contributed by atoms with E-state index in [9.17, 15) is 14.9 Å². The van der Waals surface area contributed by atoms with Crippen molar-refractivity contribution >= 4 is 11.8 Å². The van der Waals surface area contributed by atoms with Crippen LogP contribution in [0.2, 0.25) is 0 Å². The van der Waals surface area contributed by atoms with Crippen LogP contribution in [0.25, 0.3) is 0 Å². The van der Waals surface area contributed by atoms with Crippen molar-refractivity contribution in [1.82, 2.24) is 40.6 Å². The number of tetrazole rings is 1. The van der Waals surface area contributed by atoms with E-state index in [0.717, 1.165) is 92.7 Å². The van der Waals surface area contributed by atoms with Crippen LogP contribution in [0, 0.1) is 17.2 Å². The molecule has 2 saturated heterocycles. The van der Waals surface area contributed by atoms with E-state index in [0.29, 0.717) is 48.7 Å². The Bertz CT molecular complexity index is 1850. The molecule has 52 heavy (non-hydrogen) atoms. The first-order valence-electron chi connectivity index (χ1n) is 19.2. The fraction of sp³-hybridized carbons (Fsp3) is 0.512. The lowest BCUT2D eigenvalue weighted by atomic mass is 9.67. The number of carbonyl (C=O) groups excluding carboxylic acids is 2. The minimum absolute atomic E-state index is 0.0504. The number of carbonyl (C=O) groups is 2. The summed E-state index contributed by atoms with van der Waals surface area (Å²) in [7, 11) is 0. The van der Waals surface area contributed by atoms with Gasteiger partial charge in [-0.2, -0.15) is 10.5 Å². The van der Waals surface area contributed by atoms with Gasteiger partial charge in [-0.15, -0.1) is 10.2 Å². The summed E-state index contributed by atoms with van der Waals surface area (Å²) in [6.45, 7) is 12.5. The topological polar surface area (TPSA) is 134 Å². The van der Waals surface area contributed by atoms with Crippen molar-refractivity contribution < 1.29 is 9.59 Å². The molecule has 0 bridgehead atoms. The maximum absolute atomic E-state index is 13.8. The number of amides is 2. The van der Waals surface area contributed by atoms with Crippen LogP contribution in [0.4, 0.5) is 0 Å². The van der Waals surface area contributed by atoms with E-state index in [1.165, 1.54) is 5.57 Å². The Morgan fingerprint density at radius 2 is 1.54 bits per heavy atom. The van der Waals surface area contributed by atoms with Crippen LogP contribution in [0.1, 0.15) is 108 Å². The molecule has 1 aromatic heterocycles. The molecule has 2 aliphatic carbocycles. The SMILES string of the molecule is C=C(CN[C@@H](C)CC1(c2nn[nH]n2)c2ccc(C(=O)N3CCCCC3)cc2CCc2cc(C(=O)N3CCCCC3)ccc21)N1C(C#N)C=C2C1[C@H]2C. The highest BCUT2D eigenvalue weighted by atomic mass is 16.2. The molecule has 3 aromatic rings. The average molecular weight is 700 g/mol. The van der Waals surface area contributed by atoms with Crippen LogP contribution in [0.5, 0.6) is 0 Å². The van der Waals surface area contributed by atoms with Crippen LogP contribution < -0.4 is 5.32 Å². The molecule has 0 radical (unpaired) electrons. The quantitative estimate of drug-likeness (QED) is 0.301. The molecule has 3 aliphatic heterocycles. The Morgan fingerprint density at radius 3 is 2.06 bits per heavy atom. The molecule has 8 rings (SSSR count). The largest absolute Gasteiger partial charge is 0.348 e. The maximum Gasteiger partial charge on any atom is 0.253 e. The second-order valence-corrected chi connectivity index (χ2v) is 15.5. The normalized spacial score (nSPS) is 23.8. The van der Waals surface area contributed by atoms with Crippen molar-refractivity contribution in [3.63, 3.8) is 0 Å². The molecule has 4 heterocycles. The third-order valence-electron chi connectivity index (χ3n) is 12.2. The molecule has 2 amide bonds. The molecule has 4 atom stereocenters. The van der Waals surface area contributed by atoms with Gasteiger partial charge >= 0.3 is 0 Å². The van der Waals surface area contributed by atoms with E-state index in [1.54, 1.807) is 0 Å². The Kier molecular flexibility index (Phi) is 9.20. The fourth-order valence-electron chi connectivity index (χ4n) is 9.46. The average Bonchev–Trinajstić information content (AvgIpc) is 3.51. The van der Waals surface area contributed by atoms with Gasteiger partial charge in [-0.3, -0.25) is 9.59 Å². The molecule has 11 nitrogen and oxygen atoms in total. The van der Waals surface area contributed by atoms with Crippen LogP contribution >= 0.6 is 0 Å². The second-order valence-electron chi connectivity index (χ2n) is 15.5. The molecule has 0 spiro atoms. The summed E-state index contributed by atoms with van der Waals surface area (Å²) in [6.07, 6.45) is 10.6. The number of piperidine rings is 2. The number of aromatic nitrogens is 4. The van der Waals surface area contributed by atoms with Crippen LogP contribution in [-0.4, -0.2) is 98.0 Å². The van der Waals surface area contributed by atoms with Gasteiger partial charge in [0.1, 0.15) is 6.04 Å². The first kappa shape index (κ1) is 34.3. The standard InChI is InChI=1S/C41H49N9O2/c1-26(43-25-27(2)50-33(24-42)22-34-28(3)37(34)50)23-41(40-44-46-47-45-40)35-14-12-31(38(51)48-16-6-4-7-17-48)20-29(35)10-11-30-21-32(13-15-36(30)41)39(52)49-18-8-5-9-19-49/h12-15,20-22,26,28,33,37,43H,2,4-11,16-19,23,25H2,1,3H3,(H,44,45,46,47)/t26-,28-,33?,37?/m0/s1. The smallest absolute Gasteiger partial charge is 0.253 e. The predicted octanol–water partition coefficient (Wildman–Crippen LogP) is 4.92. The molecule has 270 valence electrons. The highest BCUT2D eigenvalue weighted by Crippen LogP contribution is 2.50. The summed E-state index contributed by atoms with van der Waals surface area (Å²) in [4.78, 5) is 33.7. The number of hydrogen-bond donors (Lipinski definition) is 2. The number of H-pyrrole nitrogens is 1. The molecule has 11 heteroatoms. The zero-order valence-electron chi connectivity index (χ0n) is 30.4. The summed E-state index contributed by atoms with van der Waals surface area (Å²) >= 11 is 0. The van der Waals surface area contributed by atoms with Gasteiger partial charge in [0, 0.05) is 61.5 Å².